The van der Waals surface area contributed by atoms with Crippen molar-refractivity contribution in [3.8, 4) is 0 Å². The van der Waals surface area contributed by atoms with Crippen LogP contribution in [0.25, 0.3) is 5.53 Å². The van der Waals surface area contributed by atoms with E-state index in [-0.39, 0.29) is 0 Å². The van der Waals surface area contributed by atoms with E-state index in [4.69, 9.17) is 5.53 Å². The lowest BCUT2D eigenvalue weighted by molar-refractivity contribution is -0.00760. The first kappa shape index (κ1) is 7.26. The lowest BCUT2D eigenvalue weighted by atomic mass is 9.90. The summed E-state index contributed by atoms with van der Waals surface area (Å²) in [6.45, 7) is 0. The molecule has 0 bridgehead atoms. The van der Waals surface area contributed by atoms with Gasteiger partial charge in [-0.05, 0) is 24.5 Å². The van der Waals surface area contributed by atoms with Crippen molar-refractivity contribution >= 4 is 5.71 Å². The third-order valence-electron chi connectivity index (χ3n) is 2.31. The lowest BCUT2D eigenvalue weighted by Crippen LogP contribution is -2.12. The predicted octanol–water partition coefficient (Wildman–Crippen LogP) is 2.04. The fourth-order valence-electron chi connectivity index (χ4n) is 1.70. The maximum atomic E-state index is 8.73. The lowest BCUT2D eigenvalue weighted by Gasteiger charge is -2.10. The zero-order valence-electron chi connectivity index (χ0n) is 6.83. The van der Waals surface area contributed by atoms with Crippen molar-refractivity contribution in [2.24, 2.45) is 0 Å². The largest absolute Gasteiger partial charge is 0.361 e. The first-order valence-corrected chi connectivity index (χ1v) is 4.21. The molecule has 0 atom stereocenters. The highest BCUT2D eigenvalue weighted by Crippen LogP contribution is 2.19. The average Bonchev–Trinajstić information content (AvgIpc) is 2.17. The summed E-state index contributed by atoms with van der Waals surface area (Å²) in [6.07, 6.45) is 3.10. The number of aryl methyl sites for hydroxylation is 1. The molecule has 0 saturated heterocycles. The van der Waals surface area contributed by atoms with Crippen molar-refractivity contribution in [2.75, 3.05) is 0 Å². The maximum Gasteiger partial charge on any atom is 0.299 e. The molecule has 12 heavy (non-hydrogen) atoms. The summed E-state index contributed by atoms with van der Waals surface area (Å²) in [5.41, 5.74) is 12.0. The van der Waals surface area contributed by atoms with E-state index in [0.29, 0.717) is 0 Å². The Morgan fingerprint density at radius 1 is 1.17 bits per heavy atom. The van der Waals surface area contributed by atoms with Gasteiger partial charge in [-0.2, -0.15) is 4.79 Å². The molecule has 0 heterocycles. The van der Waals surface area contributed by atoms with E-state index in [0.717, 1.165) is 30.5 Å². The standard InChI is InChI=1S/C10H10N2/c11-12-10-7-3-5-8-4-1-2-6-9(8)10/h1-2,4,6H,3,5,7H2. The molecule has 0 fully saturated rings. The van der Waals surface area contributed by atoms with Crippen LogP contribution in [0.2, 0.25) is 0 Å². The van der Waals surface area contributed by atoms with Crippen LogP contribution in [0.15, 0.2) is 24.3 Å². The molecule has 0 saturated carbocycles. The van der Waals surface area contributed by atoms with Gasteiger partial charge in [0, 0.05) is 0 Å². The molecule has 2 nitrogen and oxygen atoms in total. The average molecular weight is 158 g/mol. The number of fused-ring (bicyclic) bond motifs is 1. The Bertz CT molecular complexity index is 349. The van der Waals surface area contributed by atoms with Crippen molar-refractivity contribution in [3.05, 3.63) is 40.9 Å². The van der Waals surface area contributed by atoms with Crippen LogP contribution in [0, 0.1) is 0 Å². The predicted molar refractivity (Wildman–Crippen MR) is 47.1 cm³/mol. The summed E-state index contributed by atoms with van der Waals surface area (Å²) in [7, 11) is 0. The van der Waals surface area contributed by atoms with E-state index in [1.807, 2.05) is 18.2 Å². The quantitative estimate of drug-likeness (QED) is 0.409. The molecule has 60 valence electrons. The summed E-state index contributed by atoms with van der Waals surface area (Å²) in [5, 5.41) is 0. The highest BCUT2D eigenvalue weighted by Gasteiger charge is 2.20. The van der Waals surface area contributed by atoms with Gasteiger partial charge in [-0.3, -0.25) is 0 Å². The van der Waals surface area contributed by atoms with Gasteiger partial charge in [0.1, 0.15) is 0 Å². The Hall–Kier alpha value is -1.40. The van der Waals surface area contributed by atoms with Crippen molar-refractivity contribution < 1.29 is 4.79 Å². The zero-order chi connectivity index (χ0) is 8.39. The molecule has 0 aliphatic heterocycles. The molecule has 0 N–H and O–H groups in total. The van der Waals surface area contributed by atoms with Gasteiger partial charge in [-0.25, -0.2) is 0 Å². The Kier molecular flexibility index (Phi) is 1.77. The molecular formula is C10H10N2. The number of rotatable bonds is 0. The van der Waals surface area contributed by atoms with Gasteiger partial charge >= 0.3 is 0 Å². The number of hydrogen-bond acceptors (Lipinski definition) is 0. The Labute approximate surface area is 71.5 Å². The van der Waals surface area contributed by atoms with Crippen LogP contribution in [-0.4, -0.2) is 10.5 Å². The third kappa shape index (κ3) is 1.06. The minimum absolute atomic E-state index is 0.830. The molecule has 0 amide bonds. The third-order valence-corrected chi connectivity index (χ3v) is 2.31. The van der Waals surface area contributed by atoms with Crippen LogP contribution in [-0.2, 0) is 6.42 Å². The molecule has 1 aliphatic rings. The summed E-state index contributed by atoms with van der Waals surface area (Å²) < 4.78 is 0. The second-order valence-electron chi connectivity index (χ2n) is 3.06. The molecule has 1 aromatic carbocycles. The summed E-state index contributed by atoms with van der Waals surface area (Å²) in [6, 6.07) is 8.12. The Morgan fingerprint density at radius 3 is 2.83 bits per heavy atom. The summed E-state index contributed by atoms with van der Waals surface area (Å²) in [5.74, 6) is 0. The van der Waals surface area contributed by atoms with E-state index < -0.39 is 0 Å². The van der Waals surface area contributed by atoms with Gasteiger partial charge in [-0.1, -0.05) is 18.2 Å². The molecule has 2 heteroatoms. The first-order valence-electron chi connectivity index (χ1n) is 4.21. The van der Waals surface area contributed by atoms with Crippen LogP contribution in [0.4, 0.5) is 0 Å². The fraction of sp³-hybridized carbons (Fsp3) is 0.300. The van der Waals surface area contributed by atoms with Gasteiger partial charge in [0.15, 0.2) is 0 Å². The van der Waals surface area contributed by atoms with Gasteiger partial charge in [0.05, 0.1) is 12.0 Å². The van der Waals surface area contributed by atoms with Gasteiger partial charge < -0.3 is 5.53 Å². The second-order valence-corrected chi connectivity index (χ2v) is 3.06. The molecule has 1 aliphatic carbocycles. The van der Waals surface area contributed by atoms with Crippen LogP contribution < -0.4 is 0 Å². The minimum Gasteiger partial charge on any atom is -0.361 e. The van der Waals surface area contributed by atoms with Crippen molar-refractivity contribution in [3.63, 3.8) is 0 Å². The molecular weight excluding hydrogens is 148 g/mol. The smallest absolute Gasteiger partial charge is 0.299 e. The number of nitrogens with zero attached hydrogens (tertiary/aromatic N) is 2. The van der Waals surface area contributed by atoms with Gasteiger partial charge in [-0.15, -0.1) is 0 Å². The number of benzene rings is 1. The molecule has 0 unspecified atom stereocenters. The molecule has 0 radical (unpaired) electrons. The van der Waals surface area contributed by atoms with Crippen LogP contribution in [0.3, 0.4) is 0 Å². The normalized spacial score (nSPS) is 15.2. The monoisotopic (exact) mass is 158 g/mol. The van der Waals surface area contributed by atoms with Crippen molar-refractivity contribution in [1.82, 2.24) is 0 Å². The summed E-state index contributed by atoms with van der Waals surface area (Å²) >= 11 is 0. The molecule has 1 aromatic rings. The zero-order valence-corrected chi connectivity index (χ0v) is 6.83. The molecule has 0 aromatic heterocycles. The minimum atomic E-state index is 0.830. The Balaban J connectivity index is 2.58. The Morgan fingerprint density at radius 2 is 2.00 bits per heavy atom. The van der Waals surface area contributed by atoms with Gasteiger partial charge in [0.2, 0.25) is 0 Å². The van der Waals surface area contributed by atoms with Crippen LogP contribution >= 0.6 is 0 Å². The van der Waals surface area contributed by atoms with E-state index in [9.17, 15) is 0 Å². The summed E-state index contributed by atoms with van der Waals surface area (Å²) in [4.78, 5) is 3.31. The van der Waals surface area contributed by atoms with Gasteiger partial charge in [0.25, 0.3) is 5.71 Å². The van der Waals surface area contributed by atoms with E-state index in [1.54, 1.807) is 0 Å². The van der Waals surface area contributed by atoms with Crippen LogP contribution in [0.1, 0.15) is 24.0 Å². The molecule has 2 rings (SSSR count). The van der Waals surface area contributed by atoms with E-state index in [1.165, 1.54) is 5.56 Å². The molecule has 0 spiro atoms. The second kappa shape index (κ2) is 2.92. The SMILES string of the molecule is [N-]=[N+]=C1CCCc2ccccc21. The van der Waals surface area contributed by atoms with E-state index in [2.05, 4.69) is 10.9 Å². The number of hydrogen-bond donors (Lipinski definition) is 0. The first-order chi connectivity index (χ1) is 5.92. The van der Waals surface area contributed by atoms with E-state index >= 15 is 0 Å². The van der Waals surface area contributed by atoms with Crippen LogP contribution in [0.5, 0.6) is 0 Å². The maximum absolute atomic E-state index is 8.73. The van der Waals surface area contributed by atoms with Crippen molar-refractivity contribution in [2.45, 2.75) is 19.3 Å². The highest BCUT2D eigenvalue weighted by atomic mass is 14.9. The topological polar surface area (TPSA) is 36.4 Å². The fourth-order valence-corrected chi connectivity index (χ4v) is 1.70. The highest BCUT2D eigenvalue weighted by molar-refractivity contribution is 5.98. The van der Waals surface area contributed by atoms with Crippen molar-refractivity contribution in [1.29, 1.82) is 0 Å².